The molecule has 1 aliphatic carbocycles. The summed E-state index contributed by atoms with van der Waals surface area (Å²) in [6.45, 7) is 2.19. The molecule has 0 bridgehead atoms. The molecule has 1 atom stereocenters. The van der Waals surface area contributed by atoms with Crippen LogP contribution in [0, 0.1) is 6.92 Å². The van der Waals surface area contributed by atoms with Gasteiger partial charge in [-0.1, -0.05) is 6.07 Å². The summed E-state index contributed by atoms with van der Waals surface area (Å²) in [6, 6.07) is 3.70. The number of anilines is 1. The lowest BCUT2D eigenvalue weighted by Gasteiger charge is -2.21. The van der Waals surface area contributed by atoms with E-state index in [1.807, 2.05) is 0 Å². The molecule has 0 spiro atoms. The van der Waals surface area contributed by atoms with Gasteiger partial charge in [-0.2, -0.15) is 13.2 Å². The van der Waals surface area contributed by atoms with Crippen LogP contribution >= 0.6 is 0 Å². The standard InChI is InChI=1S/C15H17F3N2O/c1-9-2-3-10(15(16,17)18)8-13(9)20-7-6-12(14(20)21)19-11-4-5-11/h2-3,8,11-12,19H,4-7H2,1H3. The summed E-state index contributed by atoms with van der Waals surface area (Å²) in [5.74, 6) is -0.121. The van der Waals surface area contributed by atoms with Crippen molar-refractivity contribution in [2.75, 3.05) is 11.4 Å². The average Bonchev–Trinajstić information content (AvgIpc) is 3.15. The Morgan fingerprint density at radius 3 is 2.57 bits per heavy atom. The molecule has 0 radical (unpaired) electrons. The van der Waals surface area contributed by atoms with E-state index in [1.165, 1.54) is 11.0 Å². The number of carbonyl (C=O) groups excluding carboxylic acids is 1. The number of nitrogens with zero attached hydrogens (tertiary/aromatic N) is 1. The molecule has 1 saturated heterocycles. The van der Waals surface area contributed by atoms with Crippen LogP contribution in [0.1, 0.15) is 30.4 Å². The van der Waals surface area contributed by atoms with Crippen molar-refractivity contribution in [1.82, 2.24) is 5.32 Å². The lowest BCUT2D eigenvalue weighted by Crippen LogP contribution is -2.39. The van der Waals surface area contributed by atoms with E-state index in [4.69, 9.17) is 0 Å². The van der Waals surface area contributed by atoms with E-state index < -0.39 is 11.7 Å². The lowest BCUT2D eigenvalue weighted by molar-refractivity contribution is -0.137. The van der Waals surface area contributed by atoms with Crippen LogP contribution in [0.3, 0.4) is 0 Å². The van der Waals surface area contributed by atoms with Crippen molar-refractivity contribution in [3.8, 4) is 0 Å². The number of aryl methyl sites for hydroxylation is 1. The monoisotopic (exact) mass is 298 g/mol. The van der Waals surface area contributed by atoms with E-state index in [1.54, 1.807) is 6.92 Å². The third kappa shape index (κ3) is 2.90. The second-order valence-corrected chi connectivity index (χ2v) is 5.77. The van der Waals surface area contributed by atoms with Crippen LogP contribution in [0.4, 0.5) is 18.9 Å². The number of amides is 1. The van der Waals surface area contributed by atoms with Crippen LogP contribution in [0.25, 0.3) is 0 Å². The molecule has 1 unspecified atom stereocenters. The number of benzene rings is 1. The minimum Gasteiger partial charge on any atom is -0.311 e. The number of carbonyl (C=O) groups is 1. The predicted molar refractivity (Wildman–Crippen MR) is 73.1 cm³/mol. The second-order valence-electron chi connectivity index (χ2n) is 5.77. The topological polar surface area (TPSA) is 32.3 Å². The Morgan fingerprint density at radius 1 is 1.24 bits per heavy atom. The second kappa shape index (κ2) is 5.02. The zero-order valence-corrected chi connectivity index (χ0v) is 11.7. The molecule has 1 saturated carbocycles. The van der Waals surface area contributed by atoms with Gasteiger partial charge in [-0.3, -0.25) is 4.79 Å². The van der Waals surface area contributed by atoms with Crippen LogP contribution in [-0.4, -0.2) is 24.5 Å². The third-order valence-electron chi connectivity index (χ3n) is 4.05. The zero-order chi connectivity index (χ0) is 15.2. The first-order valence-corrected chi connectivity index (χ1v) is 7.11. The van der Waals surface area contributed by atoms with Gasteiger partial charge in [0.2, 0.25) is 5.91 Å². The number of rotatable bonds is 3. The van der Waals surface area contributed by atoms with Crippen molar-refractivity contribution in [3.63, 3.8) is 0 Å². The zero-order valence-electron chi connectivity index (χ0n) is 11.7. The molecule has 1 amide bonds. The van der Waals surface area contributed by atoms with Gasteiger partial charge in [0, 0.05) is 18.3 Å². The quantitative estimate of drug-likeness (QED) is 0.930. The van der Waals surface area contributed by atoms with Crippen LogP contribution in [0.2, 0.25) is 0 Å². The fourth-order valence-electron chi connectivity index (χ4n) is 2.68. The number of hydrogen-bond acceptors (Lipinski definition) is 2. The summed E-state index contributed by atoms with van der Waals surface area (Å²) in [5.41, 5.74) is 0.341. The summed E-state index contributed by atoms with van der Waals surface area (Å²) < 4.78 is 38.5. The highest BCUT2D eigenvalue weighted by Gasteiger charge is 2.38. The SMILES string of the molecule is Cc1ccc(C(F)(F)F)cc1N1CCC(NC2CC2)C1=O. The van der Waals surface area contributed by atoms with Crippen molar-refractivity contribution in [3.05, 3.63) is 29.3 Å². The maximum absolute atomic E-state index is 12.8. The molecule has 3 rings (SSSR count). The molecule has 0 aromatic heterocycles. The Kier molecular flexibility index (Phi) is 3.43. The molecule has 1 aliphatic heterocycles. The van der Waals surface area contributed by atoms with E-state index in [2.05, 4.69) is 5.32 Å². The summed E-state index contributed by atoms with van der Waals surface area (Å²) >= 11 is 0. The van der Waals surface area contributed by atoms with Gasteiger partial charge in [-0.25, -0.2) is 0 Å². The van der Waals surface area contributed by atoms with Gasteiger partial charge in [0.15, 0.2) is 0 Å². The molecule has 1 aromatic rings. The van der Waals surface area contributed by atoms with Crippen molar-refractivity contribution >= 4 is 11.6 Å². The molecular weight excluding hydrogens is 281 g/mol. The van der Waals surface area contributed by atoms with Crippen molar-refractivity contribution < 1.29 is 18.0 Å². The highest BCUT2D eigenvalue weighted by atomic mass is 19.4. The van der Waals surface area contributed by atoms with Crippen molar-refractivity contribution in [1.29, 1.82) is 0 Å². The van der Waals surface area contributed by atoms with Gasteiger partial charge in [0.05, 0.1) is 11.6 Å². The fourth-order valence-corrected chi connectivity index (χ4v) is 2.68. The van der Waals surface area contributed by atoms with Gasteiger partial charge in [-0.05, 0) is 43.9 Å². The largest absolute Gasteiger partial charge is 0.416 e. The van der Waals surface area contributed by atoms with Gasteiger partial charge >= 0.3 is 6.18 Å². The smallest absolute Gasteiger partial charge is 0.311 e. The Labute approximate surface area is 121 Å². The van der Waals surface area contributed by atoms with Gasteiger partial charge in [0.25, 0.3) is 0 Å². The van der Waals surface area contributed by atoms with Crippen LogP contribution in [0.15, 0.2) is 18.2 Å². The minimum atomic E-state index is -4.39. The molecule has 3 nitrogen and oxygen atoms in total. The Morgan fingerprint density at radius 2 is 1.95 bits per heavy atom. The third-order valence-corrected chi connectivity index (χ3v) is 4.05. The first kappa shape index (κ1) is 14.4. The van der Waals surface area contributed by atoms with Gasteiger partial charge in [0.1, 0.15) is 0 Å². The Balaban J connectivity index is 1.84. The molecule has 2 aliphatic rings. The number of hydrogen-bond donors (Lipinski definition) is 1. The molecule has 21 heavy (non-hydrogen) atoms. The first-order chi connectivity index (χ1) is 9.86. The van der Waals surface area contributed by atoms with E-state index in [0.717, 1.165) is 25.0 Å². The molecule has 1 aromatic carbocycles. The highest BCUT2D eigenvalue weighted by molar-refractivity contribution is 6.00. The van der Waals surface area contributed by atoms with Crippen LogP contribution in [-0.2, 0) is 11.0 Å². The molecule has 2 fully saturated rings. The van der Waals surface area contributed by atoms with E-state index >= 15 is 0 Å². The average molecular weight is 298 g/mol. The summed E-state index contributed by atoms with van der Waals surface area (Å²) in [4.78, 5) is 13.8. The highest BCUT2D eigenvalue weighted by Crippen LogP contribution is 2.35. The molecule has 1 N–H and O–H groups in total. The summed E-state index contributed by atoms with van der Waals surface area (Å²) in [6.07, 6.45) is -1.60. The number of alkyl halides is 3. The van der Waals surface area contributed by atoms with E-state index in [9.17, 15) is 18.0 Å². The van der Waals surface area contributed by atoms with Gasteiger partial charge < -0.3 is 10.2 Å². The summed E-state index contributed by atoms with van der Waals surface area (Å²) in [5, 5.41) is 3.25. The predicted octanol–water partition coefficient (Wildman–Crippen LogP) is 2.87. The number of halogens is 3. The molecule has 1 heterocycles. The molecule has 114 valence electrons. The number of nitrogens with one attached hydrogen (secondary N) is 1. The Bertz CT molecular complexity index is 567. The fraction of sp³-hybridized carbons (Fsp3) is 0.533. The van der Waals surface area contributed by atoms with E-state index in [0.29, 0.717) is 30.3 Å². The van der Waals surface area contributed by atoms with Crippen LogP contribution < -0.4 is 10.2 Å². The normalized spacial score (nSPS) is 23.0. The molecule has 6 heteroatoms. The minimum absolute atomic E-state index is 0.121. The van der Waals surface area contributed by atoms with Gasteiger partial charge in [-0.15, -0.1) is 0 Å². The van der Waals surface area contributed by atoms with E-state index in [-0.39, 0.29) is 11.9 Å². The lowest BCUT2D eigenvalue weighted by atomic mass is 10.1. The van der Waals surface area contributed by atoms with Crippen molar-refractivity contribution in [2.45, 2.75) is 44.4 Å². The maximum atomic E-state index is 12.8. The van der Waals surface area contributed by atoms with Crippen molar-refractivity contribution in [2.24, 2.45) is 0 Å². The maximum Gasteiger partial charge on any atom is 0.416 e. The Hall–Kier alpha value is -1.56. The molecular formula is C15H17F3N2O. The summed E-state index contributed by atoms with van der Waals surface area (Å²) in [7, 11) is 0. The van der Waals surface area contributed by atoms with Crippen LogP contribution in [0.5, 0.6) is 0 Å². The first-order valence-electron chi connectivity index (χ1n) is 7.11.